The van der Waals surface area contributed by atoms with Gasteiger partial charge < -0.3 is 15.1 Å². The fourth-order valence-corrected chi connectivity index (χ4v) is 3.85. The van der Waals surface area contributed by atoms with Crippen LogP contribution in [0.5, 0.6) is 0 Å². The van der Waals surface area contributed by atoms with Crippen molar-refractivity contribution in [3.8, 4) is 11.3 Å². The second kappa shape index (κ2) is 9.03. The van der Waals surface area contributed by atoms with Gasteiger partial charge in [-0.2, -0.15) is 5.10 Å². The highest BCUT2D eigenvalue weighted by molar-refractivity contribution is 5.94. The standard InChI is InChI=1S/C24H29N5O/c1-28(2)21-10-8-20(9-11-21)24(30)25-17-18-12-14-29(15-13-18)23-16-22(26-27-23)19-6-4-3-5-7-19/h3-11,16,18H,12-15,17H2,1-2H3,(H,25,30)(H,26,27). The highest BCUT2D eigenvalue weighted by atomic mass is 16.1. The predicted octanol–water partition coefficient (Wildman–Crippen LogP) is 3.79. The van der Waals surface area contributed by atoms with Gasteiger partial charge in [0.25, 0.3) is 5.91 Å². The Kier molecular flexibility index (Phi) is 6.02. The minimum Gasteiger partial charge on any atom is -0.378 e. The number of carbonyl (C=O) groups excluding carboxylic acids is 1. The largest absolute Gasteiger partial charge is 0.378 e. The minimum absolute atomic E-state index is 0.00235. The maximum absolute atomic E-state index is 12.4. The summed E-state index contributed by atoms with van der Waals surface area (Å²) in [5, 5.41) is 10.8. The van der Waals surface area contributed by atoms with Crippen LogP contribution in [0.1, 0.15) is 23.2 Å². The molecule has 3 aromatic rings. The highest BCUT2D eigenvalue weighted by Crippen LogP contribution is 2.25. The maximum Gasteiger partial charge on any atom is 0.251 e. The topological polar surface area (TPSA) is 64.3 Å². The second-order valence-corrected chi connectivity index (χ2v) is 8.09. The Morgan fingerprint density at radius 2 is 1.80 bits per heavy atom. The molecule has 1 fully saturated rings. The molecule has 0 bridgehead atoms. The first kappa shape index (κ1) is 20.0. The molecule has 0 atom stereocenters. The molecule has 2 heterocycles. The molecular weight excluding hydrogens is 374 g/mol. The van der Waals surface area contributed by atoms with Crippen LogP contribution in [-0.4, -0.2) is 49.8 Å². The minimum atomic E-state index is 0.00235. The first-order valence-electron chi connectivity index (χ1n) is 10.5. The number of benzene rings is 2. The third-order valence-corrected chi connectivity index (χ3v) is 5.78. The highest BCUT2D eigenvalue weighted by Gasteiger charge is 2.22. The van der Waals surface area contributed by atoms with Crippen LogP contribution in [0.3, 0.4) is 0 Å². The number of aromatic nitrogens is 2. The lowest BCUT2D eigenvalue weighted by atomic mass is 9.96. The van der Waals surface area contributed by atoms with Gasteiger partial charge in [0.15, 0.2) is 5.82 Å². The van der Waals surface area contributed by atoms with Crippen LogP contribution in [0, 0.1) is 5.92 Å². The Hall–Kier alpha value is -3.28. The molecule has 30 heavy (non-hydrogen) atoms. The lowest BCUT2D eigenvalue weighted by Crippen LogP contribution is -2.38. The van der Waals surface area contributed by atoms with Gasteiger partial charge in [-0.3, -0.25) is 9.89 Å². The SMILES string of the molecule is CN(C)c1ccc(C(=O)NCC2CCN(c3cc(-c4ccccc4)[nH]n3)CC2)cc1. The molecule has 6 heteroatoms. The molecule has 4 rings (SSSR count). The van der Waals surface area contributed by atoms with Gasteiger partial charge >= 0.3 is 0 Å². The van der Waals surface area contributed by atoms with Crippen molar-refractivity contribution >= 4 is 17.4 Å². The van der Waals surface area contributed by atoms with Crippen molar-refractivity contribution in [2.24, 2.45) is 5.92 Å². The fourth-order valence-electron chi connectivity index (χ4n) is 3.85. The van der Waals surface area contributed by atoms with Gasteiger partial charge in [0, 0.05) is 51.0 Å². The molecule has 1 aliphatic heterocycles. The summed E-state index contributed by atoms with van der Waals surface area (Å²) in [5.41, 5.74) is 3.99. The Labute approximate surface area is 177 Å². The Balaban J connectivity index is 1.26. The maximum atomic E-state index is 12.4. The smallest absolute Gasteiger partial charge is 0.251 e. The second-order valence-electron chi connectivity index (χ2n) is 8.09. The molecule has 2 N–H and O–H groups in total. The molecule has 0 radical (unpaired) electrons. The zero-order valence-corrected chi connectivity index (χ0v) is 17.6. The molecule has 0 unspecified atom stereocenters. The average molecular weight is 404 g/mol. The van der Waals surface area contributed by atoms with E-state index in [1.54, 1.807) is 0 Å². The Morgan fingerprint density at radius 3 is 2.47 bits per heavy atom. The summed E-state index contributed by atoms with van der Waals surface area (Å²) in [6.45, 7) is 2.63. The summed E-state index contributed by atoms with van der Waals surface area (Å²) in [6, 6.07) is 20.1. The Morgan fingerprint density at radius 1 is 1.10 bits per heavy atom. The van der Waals surface area contributed by atoms with E-state index in [1.165, 1.54) is 0 Å². The van der Waals surface area contributed by atoms with E-state index in [9.17, 15) is 4.79 Å². The van der Waals surface area contributed by atoms with Crippen LogP contribution in [0.15, 0.2) is 60.7 Å². The van der Waals surface area contributed by atoms with Gasteiger partial charge in [0.1, 0.15) is 0 Å². The van der Waals surface area contributed by atoms with Gasteiger partial charge in [-0.05, 0) is 48.6 Å². The summed E-state index contributed by atoms with van der Waals surface area (Å²) in [5.74, 6) is 1.50. The zero-order chi connectivity index (χ0) is 20.9. The normalized spacial score (nSPS) is 14.5. The summed E-state index contributed by atoms with van der Waals surface area (Å²) < 4.78 is 0. The molecular formula is C24H29N5O. The van der Waals surface area contributed by atoms with Crippen molar-refractivity contribution in [1.82, 2.24) is 15.5 Å². The van der Waals surface area contributed by atoms with E-state index in [2.05, 4.69) is 38.6 Å². The average Bonchev–Trinajstić information content (AvgIpc) is 3.29. The number of nitrogens with zero attached hydrogens (tertiary/aromatic N) is 3. The lowest BCUT2D eigenvalue weighted by Gasteiger charge is -2.32. The van der Waals surface area contributed by atoms with Crippen molar-refractivity contribution in [2.75, 3.05) is 43.5 Å². The number of H-pyrrole nitrogens is 1. The van der Waals surface area contributed by atoms with Gasteiger partial charge in [-0.25, -0.2) is 0 Å². The molecule has 1 amide bonds. The van der Waals surface area contributed by atoms with Gasteiger partial charge in [-0.15, -0.1) is 0 Å². The van der Waals surface area contributed by atoms with Crippen molar-refractivity contribution in [3.05, 3.63) is 66.2 Å². The molecule has 6 nitrogen and oxygen atoms in total. The van der Waals surface area contributed by atoms with E-state index in [0.717, 1.165) is 55.2 Å². The van der Waals surface area contributed by atoms with E-state index in [1.807, 2.05) is 61.5 Å². The summed E-state index contributed by atoms with van der Waals surface area (Å²) in [7, 11) is 3.99. The number of hydrogen-bond acceptors (Lipinski definition) is 4. The van der Waals surface area contributed by atoms with Crippen LogP contribution in [0.2, 0.25) is 0 Å². The van der Waals surface area contributed by atoms with Crippen molar-refractivity contribution < 1.29 is 4.79 Å². The number of amides is 1. The third-order valence-electron chi connectivity index (χ3n) is 5.78. The molecule has 2 aromatic carbocycles. The number of anilines is 2. The number of aromatic amines is 1. The molecule has 0 aliphatic carbocycles. The van der Waals surface area contributed by atoms with Crippen LogP contribution in [0.25, 0.3) is 11.3 Å². The van der Waals surface area contributed by atoms with Crippen molar-refractivity contribution in [2.45, 2.75) is 12.8 Å². The third kappa shape index (κ3) is 4.64. The summed E-state index contributed by atoms with van der Waals surface area (Å²) in [4.78, 5) is 16.8. The van der Waals surface area contributed by atoms with E-state index in [0.29, 0.717) is 11.5 Å². The number of nitrogens with one attached hydrogen (secondary N) is 2. The van der Waals surface area contributed by atoms with Gasteiger partial charge in [-0.1, -0.05) is 30.3 Å². The molecule has 1 aromatic heterocycles. The number of carbonyl (C=O) groups is 1. The first-order valence-corrected chi connectivity index (χ1v) is 10.5. The zero-order valence-electron chi connectivity index (χ0n) is 17.6. The Bertz CT molecular complexity index is 957. The quantitative estimate of drug-likeness (QED) is 0.657. The number of hydrogen-bond donors (Lipinski definition) is 2. The van der Waals surface area contributed by atoms with E-state index >= 15 is 0 Å². The monoisotopic (exact) mass is 403 g/mol. The molecule has 0 spiro atoms. The van der Waals surface area contributed by atoms with Crippen molar-refractivity contribution in [1.29, 1.82) is 0 Å². The van der Waals surface area contributed by atoms with Crippen LogP contribution < -0.4 is 15.1 Å². The summed E-state index contributed by atoms with van der Waals surface area (Å²) in [6.07, 6.45) is 2.10. The van der Waals surface area contributed by atoms with Gasteiger partial charge in [0.2, 0.25) is 0 Å². The van der Waals surface area contributed by atoms with E-state index in [-0.39, 0.29) is 5.91 Å². The first-order chi connectivity index (χ1) is 14.6. The molecule has 1 saturated heterocycles. The van der Waals surface area contributed by atoms with Crippen molar-refractivity contribution in [3.63, 3.8) is 0 Å². The van der Waals surface area contributed by atoms with Crippen LogP contribution in [0.4, 0.5) is 11.5 Å². The van der Waals surface area contributed by atoms with Crippen LogP contribution >= 0.6 is 0 Å². The van der Waals surface area contributed by atoms with Crippen LogP contribution in [-0.2, 0) is 0 Å². The predicted molar refractivity (Wildman–Crippen MR) is 122 cm³/mol. The summed E-state index contributed by atoms with van der Waals surface area (Å²) >= 11 is 0. The molecule has 156 valence electrons. The van der Waals surface area contributed by atoms with E-state index < -0.39 is 0 Å². The van der Waals surface area contributed by atoms with Gasteiger partial charge in [0.05, 0.1) is 5.69 Å². The number of rotatable bonds is 6. The molecule has 0 saturated carbocycles. The fraction of sp³-hybridized carbons (Fsp3) is 0.333. The van der Waals surface area contributed by atoms with E-state index in [4.69, 9.17) is 0 Å². The lowest BCUT2D eigenvalue weighted by molar-refractivity contribution is 0.0945. The number of piperidine rings is 1. The molecule has 1 aliphatic rings.